The van der Waals surface area contributed by atoms with Gasteiger partial charge in [-0.3, -0.25) is 14.9 Å². The molecule has 1 saturated heterocycles. The number of aromatic hydroxyl groups is 1. The molecule has 1 aromatic heterocycles. The van der Waals surface area contributed by atoms with Gasteiger partial charge in [-0.05, 0) is 65.4 Å². The number of pyridine rings is 1. The number of aryl methyl sites for hydroxylation is 1. The molecule has 288 valence electrons. The zero-order chi connectivity index (χ0) is 39.0. The van der Waals surface area contributed by atoms with E-state index < -0.39 is 12.2 Å². The molecular weight excluding hydrogens is 699 g/mol. The summed E-state index contributed by atoms with van der Waals surface area (Å²) in [6.07, 6.45) is 1.72. The van der Waals surface area contributed by atoms with Crippen LogP contribution in [0.5, 0.6) is 11.5 Å². The normalized spacial score (nSPS) is 14.6. The minimum atomic E-state index is -0.894. The van der Waals surface area contributed by atoms with Crippen molar-refractivity contribution in [2.45, 2.75) is 50.9 Å². The van der Waals surface area contributed by atoms with Crippen LogP contribution in [0.2, 0.25) is 0 Å². The number of carbonyl (C=O) groups is 2. The maximum Gasteiger partial charge on any atom is 0.411 e. The van der Waals surface area contributed by atoms with E-state index >= 15 is 0 Å². The third-order valence-electron chi connectivity index (χ3n) is 10.1. The number of rotatable bonds is 14. The number of methoxy groups -OCH3 is 1. The number of quaternary nitrogens is 1. The number of aromatic nitrogens is 1. The Morgan fingerprint density at radius 3 is 2.44 bits per heavy atom. The molecule has 0 aliphatic carbocycles. The molecule has 0 bridgehead atoms. The Bertz CT molecular complexity index is 2180. The van der Waals surface area contributed by atoms with Crippen molar-refractivity contribution in [3.05, 3.63) is 118 Å². The van der Waals surface area contributed by atoms with Gasteiger partial charge in [-0.15, -0.1) is 0 Å². The van der Waals surface area contributed by atoms with E-state index in [0.717, 1.165) is 52.7 Å². The van der Waals surface area contributed by atoms with E-state index in [-0.39, 0.29) is 41.8 Å². The van der Waals surface area contributed by atoms with Crippen molar-refractivity contribution in [3.8, 4) is 22.6 Å². The number of aliphatic hydroxyl groups excluding tert-OH is 1. The lowest BCUT2D eigenvalue weighted by Gasteiger charge is -2.36. The first-order valence-corrected chi connectivity index (χ1v) is 18.7. The monoisotopic (exact) mass is 748 g/mol. The van der Waals surface area contributed by atoms with Crippen LogP contribution >= 0.6 is 0 Å². The molecular formula is C43H50N5O7+. The quantitative estimate of drug-likeness (QED) is 0.0704. The number of aliphatic hydroxyl groups is 1. The van der Waals surface area contributed by atoms with Gasteiger partial charge in [0, 0.05) is 49.4 Å². The SMILES string of the molecule is COc1cc(CNC[C@@H](O)c2ccc(O)c3[nH]c(=O)ccc23)ccc1NC(=O)CCCc1ccc(-c2ccccc2)c(NC(=O)OC2CC[N+](C)(C)CC2)c1. The molecule has 0 spiro atoms. The standard InChI is InChI=1S/C43H49N5O7/c1-48(2)22-20-31(21-23-48)55-43(53)46-36-24-28(12-14-32(36)30-9-5-4-6-10-30)8-7-11-40(51)45-35-17-13-29(25-39(35)54-3)26-44-27-38(50)33-15-18-37(49)42-34(33)16-19-41(52)47-42/h4-6,9-10,12-19,24-25,31,38,44,50H,7-8,11,20-23,26-27H2,1-3H3,(H3-,45,46,47,49,51,52,53)/p+1/t38-/m1/s1. The molecule has 55 heavy (non-hydrogen) atoms. The van der Waals surface area contributed by atoms with E-state index in [0.29, 0.717) is 47.5 Å². The van der Waals surface area contributed by atoms with Crippen LogP contribution in [0.25, 0.3) is 22.0 Å². The van der Waals surface area contributed by atoms with Crippen LogP contribution in [-0.2, 0) is 22.5 Å². The molecule has 6 rings (SSSR count). The van der Waals surface area contributed by atoms with E-state index in [2.05, 4.69) is 35.0 Å². The fourth-order valence-corrected chi connectivity index (χ4v) is 7.00. The maximum atomic E-state index is 13.0. The number of likely N-dealkylation sites (tertiary alicyclic amines) is 1. The third-order valence-corrected chi connectivity index (χ3v) is 10.1. The average Bonchev–Trinajstić information content (AvgIpc) is 3.17. The summed E-state index contributed by atoms with van der Waals surface area (Å²) in [5, 5.41) is 30.8. The summed E-state index contributed by atoms with van der Waals surface area (Å²) in [6.45, 7) is 2.57. The lowest BCUT2D eigenvalue weighted by molar-refractivity contribution is -0.896. The molecule has 12 nitrogen and oxygen atoms in total. The molecule has 1 atom stereocenters. The zero-order valence-electron chi connectivity index (χ0n) is 31.6. The summed E-state index contributed by atoms with van der Waals surface area (Å²) in [6, 6.07) is 27.4. The van der Waals surface area contributed by atoms with E-state index in [4.69, 9.17) is 9.47 Å². The molecule has 12 heteroatoms. The number of aromatic amines is 1. The minimum absolute atomic E-state index is 0.0648. The number of hydrogen-bond donors (Lipinski definition) is 6. The number of H-pyrrole nitrogens is 1. The van der Waals surface area contributed by atoms with Gasteiger partial charge < -0.3 is 39.8 Å². The van der Waals surface area contributed by atoms with Crippen molar-refractivity contribution < 1.29 is 33.8 Å². The molecule has 0 unspecified atom stereocenters. The van der Waals surface area contributed by atoms with Crippen LogP contribution in [0.15, 0.2) is 95.8 Å². The number of hydrogen-bond acceptors (Lipinski definition) is 8. The van der Waals surface area contributed by atoms with Crippen molar-refractivity contribution in [2.75, 3.05) is 51.5 Å². The van der Waals surface area contributed by atoms with Crippen LogP contribution in [0.4, 0.5) is 16.2 Å². The highest BCUT2D eigenvalue weighted by atomic mass is 16.6. The van der Waals surface area contributed by atoms with E-state index in [9.17, 15) is 24.6 Å². The van der Waals surface area contributed by atoms with Crippen LogP contribution in [0.1, 0.15) is 48.5 Å². The Labute approximate surface area is 320 Å². The van der Waals surface area contributed by atoms with Gasteiger partial charge in [-0.25, -0.2) is 4.79 Å². The van der Waals surface area contributed by atoms with Gasteiger partial charge in [0.05, 0.1) is 57.3 Å². The number of nitrogens with zero attached hydrogens (tertiary/aromatic N) is 1. The molecule has 1 aliphatic heterocycles. The van der Waals surface area contributed by atoms with Crippen molar-refractivity contribution in [3.63, 3.8) is 0 Å². The molecule has 2 amide bonds. The summed E-state index contributed by atoms with van der Waals surface area (Å²) in [5.41, 5.74) is 5.50. The van der Waals surface area contributed by atoms with Gasteiger partial charge in [0.15, 0.2) is 0 Å². The number of phenolic OH excluding ortho intramolecular Hbond substituents is 1. The highest BCUT2D eigenvalue weighted by Gasteiger charge is 2.28. The highest BCUT2D eigenvalue weighted by Crippen LogP contribution is 2.32. The number of ether oxygens (including phenoxy) is 2. The van der Waals surface area contributed by atoms with Crippen LogP contribution < -0.4 is 26.2 Å². The van der Waals surface area contributed by atoms with Crippen LogP contribution in [0.3, 0.4) is 0 Å². The number of benzene rings is 4. The molecule has 4 aromatic carbocycles. The lowest BCUT2D eigenvalue weighted by atomic mass is 9.99. The second kappa shape index (κ2) is 17.6. The summed E-state index contributed by atoms with van der Waals surface area (Å²) >= 11 is 0. The summed E-state index contributed by atoms with van der Waals surface area (Å²) in [5.74, 6) is 0.300. The number of fused-ring (bicyclic) bond motifs is 1. The fraction of sp³-hybridized carbons (Fsp3) is 0.326. The zero-order valence-corrected chi connectivity index (χ0v) is 31.6. The summed E-state index contributed by atoms with van der Waals surface area (Å²) in [4.78, 5) is 40.4. The van der Waals surface area contributed by atoms with Crippen LogP contribution in [-0.4, -0.2) is 78.6 Å². The van der Waals surface area contributed by atoms with Gasteiger partial charge in [0.25, 0.3) is 0 Å². The summed E-state index contributed by atoms with van der Waals surface area (Å²) < 4.78 is 12.3. The van der Waals surface area contributed by atoms with Crippen molar-refractivity contribution in [2.24, 2.45) is 0 Å². The number of amides is 2. The second-order valence-electron chi connectivity index (χ2n) is 14.7. The Hall–Kier alpha value is -5.69. The smallest absolute Gasteiger partial charge is 0.411 e. The largest absolute Gasteiger partial charge is 0.506 e. The van der Waals surface area contributed by atoms with Gasteiger partial charge in [-0.2, -0.15) is 0 Å². The maximum absolute atomic E-state index is 13.0. The average molecular weight is 749 g/mol. The van der Waals surface area contributed by atoms with Crippen LogP contribution in [0, 0.1) is 0 Å². The first-order chi connectivity index (χ1) is 26.5. The van der Waals surface area contributed by atoms with E-state index in [1.165, 1.54) is 12.1 Å². The number of anilines is 2. The summed E-state index contributed by atoms with van der Waals surface area (Å²) in [7, 11) is 5.93. The number of nitrogens with one attached hydrogen (secondary N) is 4. The molecule has 0 saturated carbocycles. The van der Waals surface area contributed by atoms with Gasteiger partial charge in [0.2, 0.25) is 11.5 Å². The first kappa shape index (κ1) is 39.0. The minimum Gasteiger partial charge on any atom is -0.506 e. The number of carbonyl (C=O) groups excluding carboxylic acids is 2. The van der Waals surface area contributed by atoms with Gasteiger partial charge >= 0.3 is 6.09 Å². The highest BCUT2D eigenvalue weighted by molar-refractivity contribution is 5.93. The second-order valence-corrected chi connectivity index (χ2v) is 14.7. The molecule has 6 N–H and O–H groups in total. The van der Waals surface area contributed by atoms with E-state index in [1.54, 1.807) is 25.3 Å². The molecule has 0 radical (unpaired) electrons. The number of phenols is 1. The van der Waals surface area contributed by atoms with Gasteiger partial charge in [-0.1, -0.05) is 54.6 Å². The fourth-order valence-electron chi connectivity index (χ4n) is 7.00. The third kappa shape index (κ3) is 10.3. The van der Waals surface area contributed by atoms with E-state index in [1.807, 2.05) is 60.7 Å². The molecule has 1 fully saturated rings. The molecule has 2 heterocycles. The first-order valence-electron chi connectivity index (χ1n) is 18.7. The van der Waals surface area contributed by atoms with Crippen molar-refractivity contribution in [1.29, 1.82) is 0 Å². The van der Waals surface area contributed by atoms with Crippen molar-refractivity contribution >= 4 is 34.3 Å². The molecule has 5 aromatic rings. The number of piperidine rings is 1. The predicted octanol–water partition coefficient (Wildman–Crippen LogP) is 6.48. The Kier molecular flexibility index (Phi) is 12.5. The van der Waals surface area contributed by atoms with Gasteiger partial charge in [0.1, 0.15) is 17.6 Å². The Balaban J connectivity index is 1.01. The molecule has 1 aliphatic rings. The Morgan fingerprint density at radius 1 is 0.909 bits per heavy atom. The van der Waals surface area contributed by atoms with Crippen molar-refractivity contribution in [1.82, 2.24) is 10.3 Å². The lowest BCUT2D eigenvalue weighted by Crippen LogP contribution is -2.48. The Morgan fingerprint density at radius 2 is 1.67 bits per heavy atom. The topological polar surface area (TPSA) is 162 Å². The predicted molar refractivity (Wildman–Crippen MR) is 214 cm³/mol.